The fourth-order valence-electron chi connectivity index (χ4n) is 2.63. The van der Waals surface area contributed by atoms with Gasteiger partial charge in [0.05, 0.1) is 12.6 Å². The number of benzene rings is 1. The van der Waals surface area contributed by atoms with Crippen LogP contribution in [0, 0.1) is 11.7 Å². The van der Waals surface area contributed by atoms with E-state index in [1.807, 2.05) is 19.9 Å². The van der Waals surface area contributed by atoms with Crippen molar-refractivity contribution in [3.63, 3.8) is 0 Å². The number of ether oxygens (including phenoxy) is 1. The number of nitrogens with one attached hydrogen (secondary N) is 2. The fraction of sp³-hybridized carbons (Fsp3) is 0.529. The van der Waals surface area contributed by atoms with Gasteiger partial charge in [-0.3, -0.25) is 4.79 Å². The Bertz CT molecular complexity index is 609. The zero-order valence-corrected chi connectivity index (χ0v) is 14.9. The number of carbonyl (C=O) groups excluding carboxylic acids is 2. The minimum Gasteiger partial charge on any atom is -0.450 e. The molecule has 0 saturated heterocycles. The Morgan fingerprint density at radius 3 is 2.83 bits per heavy atom. The van der Waals surface area contributed by atoms with E-state index >= 15 is 0 Å². The van der Waals surface area contributed by atoms with E-state index in [-0.39, 0.29) is 30.3 Å². The number of rotatable bonds is 5. The first-order chi connectivity index (χ1) is 11.4. The molecule has 0 aromatic heterocycles. The third-order valence-corrected chi connectivity index (χ3v) is 5.00. The highest BCUT2D eigenvalue weighted by molar-refractivity contribution is 7.99. The lowest BCUT2D eigenvalue weighted by molar-refractivity contribution is -0.124. The van der Waals surface area contributed by atoms with Crippen LogP contribution < -0.4 is 10.6 Å². The van der Waals surface area contributed by atoms with E-state index < -0.39 is 12.1 Å². The van der Waals surface area contributed by atoms with Gasteiger partial charge in [-0.15, -0.1) is 11.8 Å². The van der Waals surface area contributed by atoms with Crippen molar-refractivity contribution < 1.29 is 18.7 Å². The van der Waals surface area contributed by atoms with Gasteiger partial charge >= 0.3 is 6.09 Å². The van der Waals surface area contributed by atoms with Gasteiger partial charge in [0, 0.05) is 10.6 Å². The molecule has 7 heteroatoms. The number of halogens is 1. The maximum atomic E-state index is 13.9. The van der Waals surface area contributed by atoms with Gasteiger partial charge in [-0.25, -0.2) is 9.18 Å². The van der Waals surface area contributed by atoms with Gasteiger partial charge < -0.3 is 15.4 Å². The molecule has 0 radical (unpaired) electrons. The molecule has 1 aromatic rings. The van der Waals surface area contributed by atoms with Gasteiger partial charge in [0.25, 0.3) is 0 Å². The summed E-state index contributed by atoms with van der Waals surface area (Å²) in [7, 11) is 0. The summed E-state index contributed by atoms with van der Waals surface area (Å²) in [6.07, 6.45) is 0.105. The quantitative estimate of drug-likeness (QED) is 0.852. The molecule has 0 fully saturated rings. The first-order valence-corrected chi connectivity index (χ1v) is 9.07. The van der Waals surface area contributed by atoms with Crippen LogP contribution in [0.2, 0.25) is 0 Å². The van der Waals surface area contributed by atoms with Crippen molar-refractivity contribution in [2.75, 3.05) is 12.4 Å². The van der Waals surface area contributed by atoms with Crippen molar-refractivity contribution >= 4 is 23.8 Å². The molecular formula is C17H23FN2O3S. The van der Waals surface area contributed by atoms with E-state index in [1.165, 1.54) is 17.8 Å². The predicted octanol–water partition coefficient (Wildman–Crippen LogP) is 3.25. The second-order valence-electron chi connectivity index (χ2n) is 5.94. The molecule has 24 heavy (non-hydrogen) atoms. The van der Waals surface area contributed by atoms with Crippen LogP contribution in [0.4, 0.5) is 9.18 Å². The molecule has 0 bridgehead atoms. The molecule has 0 saturated carbocycles. The maximum Gasteiger partial charge on any atom is 0.407 e. The molecule has 0 aliphatic carbocycles. The molecule has 1 aliphatic heterocycles. The Morgan fingerprint density at radius 2 is 2.17 bits per heavy atom. The highest BCUT2D eigenvalue weighted by Crippen LogP contribution is 2.37. The summed E-state index contributed by atoms with van der Waals surface area (Å²) >= 11 is 1.46. The molecule has 5 nitrogen and oxygen atoms in total. The fourth-order valence-corrected chi connectivity index (χ4v) is 3.77. The average molecular weight is 354 g/mol. The molecule has 2 rings (SSSR count). The highest BCUT2D eigenvalue weighted by atomic mass is 32.2. The Labute approximate surface area is 145 Å². The second kappa shape index (κ2) is 8.37. The first-order valence-electron chi connectivity index (χ1n) is 8.08. The smallest absolute Gasteiger partial charge is 0.407 e. The summed E-state index contributed by atoms with van der Waals surface area (Å²) in [5.41, 5.74) is 0.790. The Morgan fingerprint density at radius 1 is 1.42 bits per heavy atom. The van der Waals surface area contributed by atoms with Crippen LogP contribution in [0.1, 0.15) is 38.8 Å². The van der Waals surface area contributed by atoms with Gasteiger partial charge in [-0.2, -0.15) is 0 Å². The van der Waals surface area contributed by atoms with Crippen molar-refractivity contribution in [3.8, 4) is 0 Å². The average Bonchev–Trinajstić information content (AvgIpc) is 2.53. The standard InChI is InChI=1S/C17H23FN2O3S/c1-4-23-17(22)20-14(10(2)3)16(21)19-13-8-9-24-15-11(13)6-5-7-12(15)18/h5-7,10,13-14H,4,8-9H2,1-3H3,(H,19,21)(H,20,22). The third kappa shape index (κ3) is 4.41. The Hall–Kier alpha value is -1.76. The van der Waals surface area contributed by atoms with Crippen molar-refractivity contribution in [1.82, 2.24) is 10.6 Å². The van der Waals surface area contributed by atoms with Crippen LogP contribution in [0.3, 0.4) is 0 Å². The van der Waals surface area contributed by atoms with Crippen molar-refractivity contribution in [2.45, 2.75) is 44.2 Å². The van der Waals surface area contributed by atoms with E-state index in [0.717, 1.165) is 17.7 Å². The minimum atomic E-state index is -0.698. The van der Waals surface area contributed by atoms with E-state index in [4.69, 9.17) is 4.74 Å². The highest BCUT2D eigenvalue weighted by Gasteiger charge is 2.29. The zero-order valence-electron chi connectivity index (χ0n) is 14.1. The summed E-state index contributed by atoms with van der Waals surface area (Å²) < 4.78 is 18.8. The Kier molecular flexibility index (Phi) is 6.48. The molecule has 2 unspecified atom stereocenters. The normalized spacial score (nSPS) is 17.8. The third-order valence-electron chi connectivity index (χ3n) is 3.84. The minimum absolute atomic E-state index is 0.0978. The summed E-state index contributed by atoms with van der Waals surface area (Å²) in [5, 5.41) is 5.53. The van der Waals surface area contributed by atoms with Crippen LogP contribution in [0.25, 0.3) is 0 Å². The SMILES string of the molecule is CCOC(=O)NC(C(=O)NC1CCSc2c(F)cccc21)C(C)C. The molecule has 1 heterocycles. The van der Waals surface area contributed by atoms with Crippen LogP contribution in [-0.2, 0) is 9.53 Å². The van der Waals surface area contributed by atoms with Crippen molar-refractivity contribution in [1.29, 1.82) is 0 Å². The van der Waals surface area contributed by atoms with Crippen molar-refractivity contribution in [2.24, 2.45) is 5.92 Å². The molecule has 2 N–H and O–H groups in total. The largest absolute Gasteiger partial charge is 0.450 e. The topological polar surface area (TPSA) is 67.4 Å². The summed E-state index contributed by atoms with van der Waals surface area (Å²) in [4.78, 5) is 24.8. The molecule has 1 aliphatic rings. The molecule has 1 aromatic carbocycles. The number of amides is 2. The Balaban J connectivity index is 2.11. The summed E-state index contributed by atoms with van der Waals surface area (Å²) in [5.74, 6) is 0.0855. The molecular weight excluding hydrogens is 331 g/mol. The summed E-state index contributed by atoms with van der Waals surface area (Å²) in [6, 6.07) is 3.95. The monoisotopic (exact) mass is 354 g/mol. The van der Waals surface area contributed by atoms with E-state index in [2.05, 4.69) is 10.6 Å². The van der Waals surface area contributed by atoms with Gasteiger partial charge in [0.15, 0.2) is 0 Å². The number of thioether (sulfide) groups is 1. The van der Waals surface area contributed by atoms with Gasteiger partial charge in [0.2, 0.25) is 5.91 Å². The van der Waals surface area contributed by atoms with Gasteiger partial charge in [-0.05, 0) is 30.9 Å². The maximum absolute atomic E-state index is 13.9. The van der Waals surface area contributed by atoms with E-state index in [1.54, 1.807) is 13.0 Å². The molecule has 2 atom stereocenters. The van der Waals surface area contributed by atoms with Crippen LogP contribution >= 0.6 is 11.8 Å². The number of fused-ring (bicyclic) bond motifs is 1. The van der Waals surface area contributed by atoms with E-state index in [9.17, 15) is 14.0 Å². The summed E-state index contributed by atoms with van der Waals surface area (Å²) in [6.45, 7) is 5.64. The van der Waals surface area contributed by atoms with Crippen molar-refractivity contribution in [3.05, 3.63) is 29.6 Å². The second-order valence-corrected chi connectivity index (χ2v) is 7.05. The van der Waals surface area contributed by atoms with Crippen LogP contribution in [-0.4, -0.2) is 30.4 Å². The zero-order chi connectivity index (χ0) is 17.7. The lowest BCUT2D eigenvalue weighted by Crippen LogP contribution is -2.50. The lowest BCUT2D eigenvalue weighted by atomic mass is 10.00. The number of alkyl carbamates (subject to hydrolysis) is 1. The molecule has 0 spiro atoms. The number of hydrogen-bond acceptors (Lipinski definition) is 4. The van der Waals surface area contributed by atoms with Crippen LogP contribution in [0.15, 0.2) is 23.1 Å². The number of carbonyl (C=O) groups is 2. The predicted molar refractivity (Wildman–Crippen MR) is 91.4 cm³/mol. The first kappa shape index (κ1) is 18.6. The van der Waals surface area contributed by atoms with E-state index in [0.29, 0.717) is 4.90 Å². The lowest BCUT2D eigenvalue weighted by Gasteiger charge is -2.29. The van der Waals surface area contributed by atoms with Crippen LogP contribution in [0.5, 0.6) is 0 Å². The van der Waals surface area contributed by atoms with Gasteiger partial charge in [0.1, 0.15) is 11.9 Å². The molecule has 2 amide bonds. The molecule has 132 valence electrons. The number of hydrogen-bond donors (Lipinski definition) is 2. The van der Waals surface area contributed by atoms with Gasteiger partial charge in [-0.1, -0.05) is 26.0 Å².